The molecule has 1 aromatic carbocycles. The van der Waals surface area contributed by atoms with Crippen molar-refractivity contribution in [2.75, 3.05) is 112 Å². The predicted octanol–water partition coefficient (Wildman–Crippen LogP) is -4.95. The number of likely N-dealkylation sites (tertiary alicyclic amines) is 1. The van der Waals surface area contributed by atoms with Crippen LogP contribution in [0, 0.1) is 0 Å². The quantitative estimate of drug-likeness (QED) is 0.0127. The van der Waals surface area contributed by atoms with Crippen LogP contribution in [-0.2, 0) is 64.1 Å². The lowest BCUT2D eigenvalue weighted by molar-refractivity contribution is -0.145. The lowest BCUT2D eigenvalue weighted by Gasteiger charge is -2.35. The lowest BCUT2D eigenvalue weighted by atomic mass is 9.78. The van der Waals surface area contributed by atoms with Gasteiger partial charge in [0.2, 0.25) is 41.4 Å². The predicted molar refractivity (Wildman–Crippen MR) is 337 cm³/mol. The van der Waals surface area contributed by atoms with Gasteiger partial charge in [0, 0.05) is 123 Å². The van der Waals surface area contributed by atoms with Crippen LogP contribution in [0.25, 0.3) is 0 Å². The Morgan fingerprint density at radius 2 is 1.16 bits per heavy atom. The third-order valence-electron chi connectivity index (χ3n) is 15.8. The summed E-state index contributed by atoms with van der Waals surface area (Å²) < 4.78 is 0. The van der Waals surface area contributed by atoms with E-state index in [1.807, 2.05) is 0 Å². The first kappa shape index (κ1) is 79.7. The largest absolute Gasteiger partial charge is 0.480 e. The van der Waals surface area contributed by atoms with E-state index in [2.05, 4.69) is 36.9 Å². The number of rotatable bonds is 40. The van der Waals surface area contributed by atoms with E-state index in [0.29, 0.717) is 44.2 Å². The first-order valence-electron chi connectivity index (χ1n) is 31.3. The fourth-order valence-electron chi connectivity index (χ4n) is 10.5. The smallest absolute Gasteiger partial charge is 0.475 e. The molecule has 5 atom stereocenters. The molecule has 2 fully saturated rings. The Balaban J connectivity index is 1.40. The number of amides is 8. The Hall–Kier alpha value is -8.58. The number of hydrogen-bond acceptors (Lipinski definition) is 20. The van der Waals surface area contributed by atoms with E-state index in [9.17, 15) is 97.9 Å². The summed E-state index contributed by atoms with van der Waals surface area (Å²) >= 11 is 0. The highest BCUT2D eigenvalue weighted by molar-refractivity contribution is 6.43. The van der Waals surface area contributed by atoms with Crippen LogP contribution in [0.5, 0.6) is 0 Å². The molecule has 17 N–H and O–H groups in total. The highest BCUT2D eigenvalue weighted by Gasteiger charge is 2.39. The molecule has 3 rings (SSSR count). The van der Waals surface area contributed by atoms with E-state index >= 15 is 0 Å². The summed E-state index contributed by atoms with van der Waals surface area (Å²) in [6.07, 6.45) is 1.59. The van der Waals surface area contributed by atoms with Gasteiger partial charge in [-0.3, -0.25) is 82.1 Å². The molecule has 0 saturated carbocycles. The molecule has 0 aromatic heterocycles. The van der Waals surface area contributed by atoms with Crippen LogP contribution < -0.4 is 43.4 Å². The molecule has 0 unspecified atom stereocenters. The number of hydrogen-bond donors (Lipinski definition) is 15. The molecule has 0 bridgehead atoms. The number of aliphatic imine (C=N–C) groups is 1. The maximum absolute atomic E-state index is 13.5. The number of unbranched alkanes of at least 4 members (excludes halogenated alkanes) is 2. The summed E-state index contributed by atoms with van der Waals surface area (Å²) in [5.41, 5.74) is 11.9. The molecule has 35 nitrogen and oxygen atoms in total. The van der Waals surface area contributed by atoms with Crippen molar-refractivity contribution in [1.82, 2.24) is 61.3 Å². The van der Waals surface area contributed by atoms with Crippen molar-refractivity contribution in [2.45, 2.75) is 133 Å². The van der Waals surface area contributed by atoms with Crippen LogP contribution >= 0.6 is 0 Å². The summed E-state index contributed by atoms with van der Waals surface area (Å²) in [6, 6.07) is 1.87. The van der Waals surface area contributed by atoms with Crippen molar-refractivity contribution in [1.29, 1.82) is 0 Å². The minimum absolute atomic E-state index is 0.0244. The molecule has 0 radical (unpaired) electrons. The van der Waals surface area contributed by atoms with Crippen LogP contribution in [0.2, 0.25) is 0 Å². The second kappa shape index (κ2) is 42.6. The third-order valence-corrected chi connectivity index (χ3v) is 15.8. The van der Waals surface area contributed by atoms with Gasteiger partial charge in [0.05, 0.1) is 32.1 Å². The van der Waals surface area contributed by atoms with Gasteiger partial charge in [-0.25, -0.2) is 4.79 Å². The number of carbonyl (C=O) groups excluding carboxylic acids is 8. The number of likely N-dealkylation sites (N-methyl/N-ethyl adjacent to an activating group) is 1. The Kier molecular flexibility index (Phi) is 36.1. The first-order valence-corrected chi connectivity index (χ1v) is 31.3. The Bertz CT molecular complexity index is 2710. The maximum atomic E-state index is 13.5. The van der Waals surface area contributed by atoms with Crippen molar-refractivity contribution in [3.8, 4) is 0 Å². The number of carboxylic acid groups (broad SMARTS) is 5. The summed E-state index contributed by atoms with van der Waals surface area (Å²) in [6.45, 7) is 1.31. The zero-order valence-corrected chi connectivity index (χ0v) is 53.4. The van der Waals surface area contributed by atoms with Crippen LogP contribution in [0.15, 0.2) is 29.3 Å². The molecule has 2 aliphatic rings. The van der Waals surface area contributed by atoms with E-state index in [1.54, 1.807) is 34.1 Å². The van der Waals surface area contributed by atoms with Gasteiger partial charge in [-0.1, -0.05) is 12.1 Å². The summed E-state index contributed by atoms with van der Waals surface area (Å²) in [5, 5.41) is 83.3. The monoisotopic (exact) mass is 1330 g/mol. The van der Waals surface area contributed by atoms with Gasteiger partial charge in [0.15, 0.2) is 5.96 Å². The molecule has 94 heavy (non-hydrogen) atoms. The highest BCUT2D eigenvalue weighted by Crippen LogP contribution is 2.20. The van der Waals surface area contributed by atoms with Gasteiger partial charge in [-0.05, 0) is 88.8 Å². The number of aliphatic carboxylic acids is 5. The molecular weight excluding hydrogens is 1240 g/mol. The van der Waals surface area contributed by atoms with Gasteiger partial charge < -0.3 is 88.7 Å². The zero-order valence-electron chi connectivity index (χ0n) is 53.4. The van der Waals surface area contributed by atoms with Crippen LogP contribution in [0.3, 0.4) is 0 Å². The van der Waals surface area contributed by atoms with E-state index in [0.717, 1.165) is 0 Å². The number of carboxylic acids is 5. The Labute approximate surface area is 544 Å². The molecule has 8 amide bonds. The molecule has 0 spiro atoms. The van der Waals surface area contributed by atoms with E-state index in [1.165, 1.54) is 33.6 Å². The standard InChI is InChI=1S/C58H94BN15O20/c1-38(55(88)74-24-8-11-44(74)59(93)94)67-53(86)40-15-13-39(14-16-40)33-65-45(75)12-4-6-22-63-54(87)42(10-7-23-64-58(60)61)69(2)49(79)20-19-47(77)66-34-48(78)68-41(56(89)90)9-3-5-21-62-46(76)18-17-43(57(91)92)73-31-29-71(36-51(82)83)27-25-70(35-50(80)81)26-28-72(30-32-73)37-52(84)85/h13-16,38,41-44,93-94H,3-12,17-37H2,1-2H3,(H,62,76)(H,63,87)(H,65,75)(H,66,77)(H,67,86)(H,68,78)(H,80,81)(H,82,83)(H,84,85)(H,89,90)(H,91,92)(H4,60,61,64)/t38-,41+,42+,43-,44+/m1/s1. The zero-order chi connectivity index (χ0) is 69.9. The molecule has 524 valence electrons. The second-order valence-corrected chi connectivity index (χ2v) is 23.1. The number of nitrogens with two attached hydrogens (primary N) is 2. The van der Waals surface area contributed by atoms with E-state index in [4.69, 9.17) is 11.5 Å². The van der Waals surface area contributed by atoms with Crippen molar-refractivity contribution in [3.05, 3.63) is 35.4 Å². The first-order chi connectivity index (χ1) is 44.5. The van der Waals surface area contributed by atoms with Gasteiger partial charge in [-0.15, -0.1) is 0 Å². The average Bonchev–Trinajstić information content (AvgIpc) is 1.65. The van der Waals surface area contributed by atoms with Crippen molar-refractivity contribution < 1.29 is 97.9 Å². The fraction of sp³-hybridized carbons (Fsp3) is 0.655. The highest BCUT2D eigenvalue weighted by atomic mass is 16.4. The normalized spacial score (nSPS) is 16.4. The molecule has 2 saturated heterocycles. The van der Waals surface area contributed by atoms with Crippen LogP contribution in [-0.4, -0.2) is 297 Å². The number of carbonyl (C=O) groups is 13. The third kappa shape index (κ3) is 31.4. The molecule has 2 aliphatic heterocycles. The van der Waals surface area contributed by atoms with Gasteiger partial charge in [-0.2, -0.15) is 0 Å². The molecule has 0 aliphatic carbocycles. The SMILES string of the molecule is C[C@@H](NC(=O)c1ccc(CNC(=O)CCCCNC(=O)[C@H](CCCN=C(N)N)N(C)C(=O)CCC(=O)NCC(=O)N[C@@H](CCCCNC(=O)CC[C@H](C(=O)O)N2CCN(CC(=O)O)CCN(CC(=O)O)CCN(CC(=O)O)CC2)C(=O)O)cc1)C(=O)N1CCC[C@H]1B(O)O. The number of guanidine groups is 1. The number of benzene rings is 1. The maximum Gasteiger partial charge on any atom is 0.475 e. The minimum Gasteiger partial charge on any atom is -0.480 e. The van der Waals surface area contributed by atoms with E-state index < -0.39 is 134 Å². The number of nitrogens with zero attached hydrogens (tertiary/aromatic N) is 7. The molecule has 36 heteroatoms. The second-order valence-electron chi connectivity index (χ2n) is 23.1. The van der Waals surface area contributed by atoms with Gasteiger partial charge in [0.1, 0.15) is 24.2 Å². The van der Waals surface area contributed by atoms with Gasteiger partial charge >= 0.3 is 37.0 Å². The van der Waals surface area contributed by atoms with E-state index in [-0.39, 0.29) is 154 Å². The fourth-order valence-corrected chi connectivity index (χ4v) is 10.5. The average molecular weight is 1330 g/mol. The van der Waals surface area contributed by atoms with Gasteiger partial charge in [0.25, 0.3) is 5.91 Å². The summed E-state index contributed by atoms with van der Waals surface area (Å²) in [5.74, 6) is -11.4. The Morgan fingerprint density at radius 3 is 1.71 bits per heavy atom. The molecule has 1 aromatic rings. The molecular formula is C58H94BN15O20. The van der Waals surface area contributed by atoms with Crippen LogP contribution in [0.4, 0.5) is 0 Å². The topological polar surface area (TPSA) is 520 Å². The number of nitrogens with one attached hydrogen (secondary N) is 6. The molecule has 2 heterocycles. The van der Waals surface area contributed by atoms with Crippen LogP contribution in [0.1, 0.15) is 113 Å². The van der Waals surface area contributed by atoms with Crippen molar-refractivity contribution >= 4 is 90.2 Å². The van der Waals surface area contributed by atoms with Crippen molar-refractivity contribution in [3.63, 3.8) is 0 Å². The summed E-state index contributed by atoms with van der Waals surface area (Å²) in [7, 11) is -0.293. The minimum atomic E-state index is -1.68. The Morgan fingerprint density at radius 1 is 0.606 bits per heavy atom. The lowest BCUT2D eigenvalue weighted by Crippen LogP contribution is -2.52. The van der Waals surface area contributed by atoms with Crippen molar-refractivity contribution in [2.24, 2.45) is 16.5 Å². The summed E-state index contributed by atoms with van der Waals surface area (Å²) in [4.78, 5) is 176.